The Kier molecular flexibility index (Phi) is 4.98. The van der Waals surface area contributed by atoms with E-state index in [2.05, 4.69) is 6.92 Å². The van der Waals surface area contributed by atoms with E-state index in [1.54, 1.807) is 6.07 Å². The number of rotatable bonds is 3. The first-order valence-corrected chi connectivity index (χ1v) is 10.6. The highest BCUT2D eigenvalue weighted by molar-refractivity contribution is 5.99. The summed E-state index contributed by atoms with van der Waals surface area (Å²) >= 11 is 0. The molecule has 0 aliphatic heterocycles. The summed E-state index contributed by atoms with van der Waals surface area (Å²) in [6.07, 6.45) is 4.97. The van der Waals surface area contributed by atoms with E-state index < -0.39 is 5.97 Å². The minimum atomic E-state index is -0.423. The molecule has 1 aromatic carbocycles. The average molecular weight is 386 g/mol. The first-order chi connectivity index (χ1) is 13.3. The molecule has 3 unspecified atom stereocenters. The summed E-state index contributed by atoms with van der Waals surface area (Å²) in [6, 6.07) is 3.65. The highest BCUT2D eigenvalue weighted by Gasteiger charge is 2.54. The number of Topliss-reactive ketones (excluding diaryl/α,β-unsaturated/α-hetero) is 1. The number of aliphatic hydroxyl groups excluding tert-OH is 1. The number of esters is 1. The average Bonchev–Trinajstić information content (AvgIpc) is 2.88. The third-order valence-electron chi connectivity index (χ3n) is 7.46. The molecule has 5 heteroatoms. The van der Waals surface area contributed by atoms with Crippen molar-refractivity contribution in [3.8, 4) is 11.5 Å². The lowest BCUT2D eigenvalue weighted by Crippen LogP contribution is -2.42. The molecule has 0 heterocycles. The van der Waals surface area contributed by atoms with E-state index in [1.807, 2.05) is 13.0 Å². The van der Waals surface area contributed by atoms with E-state index in [0.717, 1.165) is 37.7 Å². The molecule has 0 amide bonds. The second-order valence-electron chi connectivity index (χ2n) is 8.89. The van der Waals surface area contributed by atoms with Crippen molar-refractivity contribution in [1.29, 1.82) is 0 Å². The van der Waals surface area contributed by atoms with Crippen LogP contribution in [0, 0.1) is 17.3 Å². The fraction of sp³-hybridized carbons (Fsp3) is 0.652. The lowest BCUT2D eigenvalue weighted by molar-refractivity contribution is -0.132. The molecule has 0 saturated heterocycles. The van der Waals surface area contributed by atoms with Crippen LogP contribution in [0.15, 0.2) is 12.1 Å². The molecule has 5 atom stereocenters. The van der Waals surface area contributed by atoms with E-state index in [9.17, 15) is 14.7 Å². The van der Waals surface area contributed by atoms with Crippen LogP contribution in [0.1, 0.15) is 81.1 Å². The molecule has 1 N–H and O–H groups in total. The largest absolute Gasteiger partial charge is 0.490 e. The van der Waals surface area contributed by atoms with Crippen molar-refractivity contribution in [2.75, 3.05) is 6.61 Å². The Labute approximate surface area is 166 Å². The van der Waals surface area contributed by atoms with Gasteiger partial charge < -0.3 is 14.6 Å². The number of hydrogen-bond acceptors (Lipinski definition) is 5. The summed E-state index contributed by atoms with van der Waals surface area (Å²) in [5.41, 5.74) is 1.68. The molecule has 2 fully saturated rings. The molecule has 0 aromatic heterocycles. The van der Waals surface area contributed by atoms with Crippen molar-refractivity contribution >= 4 is 11.8 Å². The maximum atomic E-state index is 13.0. The first kappa shape index (κ1) is 19.4. The molecular formula is C23H30O5. The third-order valence-corrected chi connectivity index (χ3v) is 7.46. The SMILES string of the molecule is CCOc1cc2c(cc1OC(C)=O)C(=O)CCC1C2CC[C@@]2(C)C1CC[C@@H]2O. The first-order valence-electron chi connectivity index (χ1n) is 10.6. The van der Waals surface area contributed by atoms with Crippen LogP contribution in [0.2, 0.25) is 0 Å². The Balaban J connectivity index is 1.78. The third kappa shape index (κ3) is 3.04. The normalized spacial score (nSPS) is 34.1. The van der Waals surface area contributed by atoms with Crippen LogP contribution >= 0.6 is 0 Å². The molecule has 1 aromatic rings. The van der Waals surface area contributed by atoms with Gasteiger partial charge in [0.05, 0.1) is 12.7 Å². The Bertz CT molecular complexity index is 800. The second-order valence-corrected chi connectivity index (χ2v) is 8.89. The number of hydrogen-bond donors (Lipinski definition) is 1. The van der Waals surface area contributed by atoms with Gasteiger partial charge in [-0.25, -0.2) is 0 Å². The fourth-order valence-electron chi connectivity index (χ4n) is 6.11. The highest BCUT2D eigenvalue weighted by atomic mass is 16.6. The van der Waals surface area contributed by atoms with Crippen LogP contribution in [0.5, 0.6) is 11.5 Å². The Morgan fingerprint density at radius 2 is 2.00 bits per heavy atom. The molecule has 0 radical (unpaired) electrons. The maximum Gasteiger partial charge on any atom is 0.308 e. The zero-order valence-electron chi connectivity index (χ0n) is 17.0. The van der Waals surface area contributed by atoms with Crippen LogP contribution in [0.25, 0.3) is 0 Å². The van der Waals surface area contributed by atoms with Crippen molar-refractivity contribution in [2.24, 2.45) is 17.3 Å². The molecule has 3 aliphatic carbocycles. The standard InChI is InChI=1S/C23H30O5/c1-4-27-20-11-16-14-9-10-23(3)18(6-8-22(23)26)15(14)5-7-19(25)17(16)12-21(20)28-13(2)24/h11-12,14-15,18,22,26H,4-10H2,1-3H3/t14?,15?,18?,22-,23-/m0/s1. The lowest BCUT2D eigenvalue weighted by Gasteiger charge is -2.47. The number of carbonyl (C=O) groups excluding carboxylic acids is 2. The van der Waals surface area contributed by atoms with Gasteiger partial charge in [-0.1, -0.05) is 6.92 Å². The molecule has 0 bridgehead atoms. The van der Waals surface area contributed by atoms with Gasteiger partial charge in [-0.15, -0.1) is 0 Å². The van der Waals surface area contributed by atoms with E-state index in [-0.39, 0.29) is 23.2 Å². The van der Waals surface area contributed by atoms with Gasteiger partial charge in [0.2, 0.25) is 0 Å². The zero-order chi connectivity index (χ0) is 20.1. The Morgan fingerprint density at radius 3 is 2.71 bits per heavy atom. The van der Waals surface area contributed by atoms with E-state index in [1.165, 1.54) is 6.92 Å². The van der Waals surface area contributed by atoms with Crippen LogP contribution in [0.3, 0.4) is 0 Å². The van der Waals surface area contributed by atoms with Crippen molar-refractivity contribution in [3.05, 3.63) is 23.3 Å². The predicted molar refractivity (Wildman–Crippen MR) is 105 cm³/mol. The number of aliphatic hydroxyl groups is 1. The minimum Gasteiger partial charge on any atom is -0.490 e. The number of benzene rings is 1. The Morgan fingerprint density at radius 1 is 1.21 bits per heavy atom. The Hall–Kier alpha value is -1.88. The molecule has 152 valence electrons. The maximum absolute atomic E-state index is 13.0. The summed E-state index contributed by atoms with van der Waals surface area (Å²) < 4.78 is 11.1. The quantitative estimate of drug-likeness (QED) is 0.621. The summed E-state index contributed by atoms with van der Waals surface area (Å²) in [7, 11) is 0. The van der Waals surface area contributed by atoms with Crippen LogP contribution in [0.4, 0.5) is 0 Å². The van der Waals surface area contributed by atoms with Crippen molar-refractivity contribution < 1.29 is 24.2 Å². The van der Waals surface area contributed by atoms with Crippen molar-refractivity contribution in [3.63, 3.8) is 0 Å². The molecule has 3 aliphatic rings. The molecular weight excluding hydrogens is 356 g/mol. The number of ketones is 1. The summed E-state index contributed by atoms with van der Waals surface area (Å²) in [4.78, 5) is 24.5. The van der Waals surface area contributed by atoms with Gasteiger partial charge in [0.25, 0.3) is 0 Å². The summed E-state index contributed by atoms with van der Waals surface area (Å²) in [5.74, 6) is 1.69. The van der Waals surface area contributed by atoms with Crippen LogP contribution in [-0.4, -0.2) is 29.6 Å². The monoisotopic (exact) mass is 386 g/mol. The smallest absolute Gasteiger partial charge is 0.308 e. The fourth-order valence-corrected chi connectivity index (χ4v) is 6.11. The van der Waals surface area contributed by atoms with Gasteiger partial charge in [-0.2, -0.15) is 0 Å². The van der Waals surface area contributed by atoms with E-state index >= 15 is 0 Å². The highest BCUT2D eigenvalue weighted by Crippen LogP contribution is 2.60. The molecule has 0 spiro atoms. The topological polar surface area (TPSA) is 72.8 Å². The van der Waals surface area contributed by atoms with Crippen molar-refractivity contribution in [1.82, 2.24) is 0 Å². The van der Waals surface area contributed by atoms with Gasteiger partial charge in [-0.3, -0.25) is 9.59 Å². The molecule has 5 nitrogen and oxygen atoms in total. The number of ether oxygens (including phenoxy) is 2. The van der Waals surface area contributed by atoms with E-state index in [0.29, 0.717) is 41.9 Å². The summed E-state index contributed by atoms with van der Waals surface area (Å²) in [6.45, 7) is 5.94. The number of fused-ring (bicyclic) bond motifs is 5. The van der Waals surface area contributed by atoms with Crippen LogP contribution < -0.4 is 9.47 Å². The van der Waals surface area contributed by atoms with Gasteiger partial charge in [0.1, 0.15) is 0 Å². The van der Waals surface area contributed by atoms with Gasteiger partial charge >= 0.3 is 5.97 Å². The number of carbonyl (C=O) groups is 2. The van der Waals surface area contributed by atoms with Gasteiger partial charge in [0.15, 0.2) is 17.3 Å². The van der Waals surface area contributed by atoms with Gasteiger partial charge in [-0.05, 0) is 79.9 Å². The summed E-state index contributed by atoms with van der Waals surface area (Å²) in [5, 5.41) is 10.6. The predicted octanol–water partition coefficient (Wildman–Crippen LogP) is 4.26. The van der Waals surface area contributed by atoms with Gasteiger partial charge in [0, 0.05) is 18.9 Å². The van der Waals surface area contributed by atoms with Crippen molar-refractivity contribution in [2.45, 2.75) is 71.3 Å². The van der Waals surface area contributed by atoms with Crippen LogP contribution in [-0.2, 0) is 4.79 Å². The lowest BCUT2D eigenvalue weighted by atomic mass is 9.58. The molecule has 4 rings (SSSR count). The van der Waals surface area contributed by atoms with E-state index in [4.69, 9.17) is 9.47 Å². The minimum absolute atomic E-state index is 0.0326. The zero-order valence-corrected chi connectivity index (χ0v) is 17.0. The molecule has 2 saturated carbocycles. The molecule has 28 heavy (non-hydrogen) atoms. The second kappa shape index (κ2) is 7.18.